The number of nitrogens with zero attached hydrogens (tertiary/aromatic N) is 2. The van der Waals surface area contributed by atoms with Crippen molar-refractivity contribution in [1.82, 2.24) is 0 Å². The number of nitrogens with two attached hydrogens (primary N) is 1. The normalized spacial score (nSPS) is 10.9. The van der Waals surface area contributed by atoms with Gasteiger partial charge in [0.1, 0.15) is 0 Å². The van der Waals surface area contributed by atoms with E-state index in [1.54, 1.807) is 0 Å². The minimum atomic E-state index is 0.792. The Hall–Kier alpha value is -0.600. The summed E-state index contributed by atoms with van der Waals surface area (Å²) in [6.07, 6.45) is 6.32. The van der Waals surface area contributed by atoms with E-state index in [1.807, 2.05) is 0 Å². The summed E-state index contributed by atoms with van der Waals surface area (Å²) in [5.74, 6) is 4.83. The summed E-state index contributed by atoms with van der Waals surface area (Å²) in [6.45, 7) is 3.00. The fourth-order valence-corrected chi connectivity index (χ4v) is 0.844. The van der Waals surface area contributed by atoms with Gasteiger partial charge in [-0.1, -0.05) is 37.8 Å². The zero-order valence-corrected chi connectivity index (χ0v) is 6.71. The Morgan fingerprint density at radius 2 is 1.80 bits per heavy atom. The van der Waals surface area contributed by atoms with Crippen LogP contribution in [0.2, 0.25) is 0 Å². The molecule has 0 aliphatic rings. The highest BCUT2D eigenvalue weighted by Crippen LogP contribution is 2.01. The summed E-state index contributed by atoms with van der Waals surface area (Å²) in [6, 6.07) is 0. The maximum absolute atomic E-state index is 4.83. The second-order valence-corrected chi connectivity index (χ2v) is 2.39. The molecular weight excluding hydrogens is 126 g/mol. The molecular formula is C7H17N3. The van der Waals surface area contributed by atoms with Gasteiger partial charge in [-0.25, -0.2) is 0 Å². The Balaban J connectivity index is 2.77. The van der Waals surface area contributed by atoms with E-state index in [-0.39, 0.29) is 0 Å². The van der Waals surface area contributed by atoms with Crippen LogP contribution in [0.1, 0.15) is 39.0 Å². The van der Waals surface area contributed by atoms with Crippen molar-refractivity contribution in [2.75, 3.05) is 6.54 Å². The predicted molar refractivity (Wildman–Crippen MR) is 42.7 cm³/mol. The van der Waals surface area contributed by atoms with Gasteiger partial charge in [-0.05, 0) is 6.42 Å². The van der Waals surface area contributed by atoms with Crippen molar-refractivity contribution in [2.24, 2.45) is 16.2 Å². The maximum atomic E-state index is 4.83. The van der Waals surface area contributed by atoms with E-state index < -0.39 is 0 Å². The summed E-state index contributed by atoms with van der Waals surface area (Å²) >= 11 is 0. The van der Waals surface area contributed by atoms with Crippen LogP contribution in [0.3, 0.4) is 0 Å². The first kappa shape index (κ1) is 9.40. The summed E-state index contributed by atoms with van der Waals surface area (Å²) in [4.78, 5) is 0. The molecule has 0 radical (unpaired) electrons. The first-order valence-electron chi connectivity index (χ1n) is 3.98. The lowest BCUT2D eigenvalue weighted by Gasteiger charge is -1.94. The lowest BCUT2D eigenvalue weighted by Crippen LogP contribution is -1.83. The average molecular weight is 143 g/mol. The largest absolute Gasteiger partial charge is 0.305 e. The maximum Gasteiger partial charge on any atom is 0.0620 e. The Bertz CT molecular complexity index is 80.9. The molecule has 0 saturated carbocycles. The molecule has 0 spiro atoms. The first-order valence-corrected chi connectivity index (χ1v) is 3.98. The second-order valence-electron chi connectivity index (χ2n) is 2.39. The van der Waals surface area contributed by atoms with Crippen LogP contribution in [0.25, 0.3) is 0 Å². The minimum absolute atomic E-state index is 0.792. The molecule has 0 saturated heterocycles. The standard InChI is InChI=1S/C7H17N3/c1-2-3-4-5-6-7-9-10-8/h2-7H2,1H3,(H2,8,9). The van der Waals surface area contributed by atoms with Gasteiger partial charge < -0.3 is 5.84 Å². The van der Waals surface area contributed by atoms with E-state index in [0.29, 0.717) is 0 Å². The van der Waals surface area contributed by atoms with E-state index in [4.69, 9.17) is 5.84 Å². The van der Waals surface area contributed by atoms with E-state index in [2.05, 4.69) is 17.3 Å². The van der Waals surface area contributed by atoms with Crippen molar-refractivity contribution < 1.29 is 0 Å². The highest BCUT2D eigenvalue weighted by atomic mass is 15.3. The molecule has 0 aliphatic heterocycles. The van der Waals surface area contributed by atoms with Crippen LogP contribution in [-0.4, -0.2) is 6.54 Å². The van der Waals surface area contributed by atoms with Crippen LogP contribution >= 0.6 is 0 Å². The highest BCUT2D eigenvalue weighted by Gasteiger charge is 1.86. The zero-order chi connectivity index (χ0) is 7.66. The van der Waals surface area contributed by atoms with E-state index in [1.165, 1.54) is 25.7 Å². The van der Waals surface area contributed by atoms with E-state index >= 15 is 0 Å². The summed E-state index contributed by atoms with van der Waals surface area (Å²) in [5, 5.41) is 6.85. The molecule has 0 heterocycles. The molecule has 0 atom stereocenters. The third-order valence-corrected chi connectivity index (χ3v) is 1.44. The lowest BCUT2D eigenvalue weighted by atomic mass is 10.2. The topological polar surface area (TPSA) is 50.7 Å². The van der Waals surface area contributed by atoms with Gasteiger partial charge in [-0.2, -0.15) is 5.11 Å². The number of hydrogen-bond donors (Lipinski definition) is 1. The quantitative estimate of drug-likeness (QED) is 0.264. The fraction of sp³-hybridized carbons (Fsp3) is 1.00. The van der Waals surface area contributed by atoms with Crippen LogP contribution in [0, 0.1) is 0 Å². The van der Waals surface area contributed by atoms with Crippen molar-refractivity contribution in [3.8, 4) is 0 Å². The van der Waals surface area contributed by atoms with Crippen molar-refractivity contribution in [3.63, 3.8) is 0 Å². The molecule has 0 aromatic heterocycles. The van der Waals surface area contributed by atoms with Crippen LogP contribution in [0.5, 0.6) is 0 Å². The van der Waals surface area contributed by atoms with Crippen molar-refractivity contribution in [3.05, 3.63) is 0 Å². The van der Waals surface area contributed by atoms with Crippen LogP contribution < -0.4 is 5.84 Å². The number of unbranched alkanes of at least 4 members (excludes halogenated alkanes) is 4. The molecule has 0 rings (SSSR count). The molecule has 3 heteroatoms. The third-order valence-electron chi connectivity index (χ3n) is 1.44. The third kappa shape index (κ3) is 7.40. The van der Waals surface area contributed by atoms with Gasteiger partial charge in [0.2, 0.25) is 0 Å². The predicted octanol–water partition coefficient (Wildman–Crippen LogP) is 2.28. The summed E-state index contributed by atoms with van der Waals surface area (Å²) in [5.41, 5.74) is 0. The molecule has 2 N–H and O–H groups in total. The van der Waals surface area contributed by atoms with Gasteiger partial charge >= 0.3 is 0 Å². The Labute approximate surface area is 62.7 Å². The average Bonchev–Trinajstić information content (AvgIpc) is 1.97. The van der Waals surface area contributed by atoms with Crippen LogP contribution in [0.15, 0.2) is 10.3 Å². The molecule has 0 unspecified atom stereocenters. The number of hydrogen-bond acceptors (Lipinski definition) is 2. The van der Waals surface area contributed by atoms with Gasteiger partial charge in [0.25, 0.3) is 0 Å². The molecule has 0 aromatic rings. The lowest BCUT2D eigenvalue weighted by molar-refractivity contribution is 0.630. The molecule has 0 bridgehead atoms. The van der Waals surface area contributed by atoms with E-state index in [0.717, 1.165) is 13.0 Å². The molecule has 10 heavy (non-hydrogen) atoms. The van der Waals surface area contributed by atoms with Crippen molar-refractivity contribution in [1.29, 1.82) is 0 Å². The molecule has 0 aliphatic carbocycles. The number of rotatable bonds is 6. The van der Waals surface area contributed by atoms with Gasteiger partial charge in [-0.3, -0.25) is 0 Å². The Kier molecular flexibility index (Phi) is 7.90. The highest BCUT2D eigenvalue weighted by molar-refractivity contribution is 4.43. The Morgan fingerprint density at radius 3 is 2.40 bits per heavy atom. The van der Waals surface area contributed by atoms with Crippen molar-refractivity contribution in [2.45, 2.75) is 39.0 Å². The fourth-order valence-electron chi connectivity index (χ4n) is 0.844. The van der Waals surface area contributed by atoms with E-state index in [9.17, 15) is 0 Å². The Morgan fingerprint density at radius 1 is 1.10 bits per heavy atom. The zero-order valence-electron chi connectivity index (χ0n) is 6.71. The smallest absolute Gasteiger partial charge is 0.0620 e. The van der Waals surface area contributed by atoms with Crippen LogP contribution in [-0.2, 0) is 0 Å². The monoisotopic (exact) mass is 143 g/mol. The van der Waals surface area contributed by atoms with Gasteiger partial charge in [0.05, 0.1) is 6.54 Å². The summed E-state index contributed by atoms with van der Waals surface area (Å²) < 4.78 is 0. The minimum Gasteiger partial charge on any atom is -0.305 e. The molecule has 3 nitrogen and oxygen atoms in total. The second kappa shape index (κ2) is 8.40. The van der Waals surface area contributed by atoms with Gasteiger partial charge in [0.15, 0.2) is 0 Å². The molecule has 0 amide bonds. The SMILES string of the molecule is CCCCCCCN=NN. The molecule has 0 aromatic carbocycles. The summed E-state index contributed by atoms with van der Waals surface area (Å²) in [7, 11) is 0. The van der Waals surface area contributed by atoms with Gasteiger partial charge in [0, 0.05) is 0 Å². The first-order chi connectivity index (χ1) is 4.91. The molecule has 60 valence electrons. The van der Waals surface area contributed by atoms with Crippen LogP contribution in [0.4, 0.5) is 0 Å². The van der Waals surface area contributed by atoms with Crippen molar-refractivity contribution >= 4 is 0 Å². The molecule has 0 fully saturated rings. The van der Waals surface area contributed by atoms with Gasteiger partial charge in [-0.15, -0.1) is 0 Å².